The third kappa shape index (κ3) is 6.36. The fourth-order valence-corrected chi connectivity index (χ4v) is 2.74. The molecule has 0 aliphatic carbocycles. The van der Waals surface area contributed by atoms with E-state index in [0.717, 1.165) is 17.8 Å². The number of urea groups is 1. The predicted octanol–water partition coefficient (Wildman–Crippen LogP) is 3.38. The van der Waals surface area contributed by atoms with Crippen LogP contribution in [0.25, 0.3) is 0 Å². The number of hydrogen-bond donors (Lipinski definition) is 1. The standard InChI is InChI=1S/C17H30N4O.ClH/c1-12(2)20(13(3)4)8-9-21(17(22)18-7)16-11-14(5)10-15(6)19-16;/h10-13H,8-9H2,1-7H3,(H,18,22);1H. The minimum atomic E-state index is -0.120. The molecular formula is C17H31ClN4O. The molecule has 0 spiro atoms. The minimum Gasteiger partial charge on any atom is -0.341 e. The second-order valence-corrected chi connectivity index (χ2v) is 6.28. The molecule has 1 heterocycles. The van der Waals surface area contributed by atoms with Crippen molar-refractivity contribution < 1.29 is 4.79 Å². The molecular weight excluding hydrogens is 312 g/mol. The molecule has 0 radical (unpaired) electrons. The quantitative estimate of drug-likeness (QED) is 0.862. The van der Waals surface area contributed by atoms with Gasteiger partial charge >= 0.3 is 6.03 Å². The van der Waals surface area contributed by atoms with E-state index in [2.05, 4.69) is 42.9 Å². The molecule has 6 heteroatoms. The number of pyridine rings is 1. The Kier molecular flexibility index (Phi) is 9.17. The molecule has 23 heavy (non-hydrogen) atoms. The van der Waals surface area contributed by atoms with Crippen molar-refractivity contribution in [3.8, 4) is 0 Å². The highest BCUT2D eigenvalue weighted by atomic mass is 35.5. The van der Waals surface area contributed by atoms with Crippen LogP contribution in [0.3, 0.4) is 0 Å². The summed E-state index contributed by atoms with van der Waals surface area (Å²) in [5, 5.41) is 2.71. The summed E-state index contributed by atoms with van der Waals surface area (Å²) in [5.41, 5.74) is 2.04. The maximum absolute atomic E-state index is 12.2. The van der Waals surface area contributed by atoms with Gasteiger partial charge in [0.05, 0.1) is 0 Å². The number of amides is 2. The summed E-state index contributed by atoms with van der Waals surface area (Å²) >= 11 is 0. The summed E-state index contributed by atoms with van der Waals surface area (Å²) < 4.78 is 0. The second-order valence-electron chi connectivity index (χ2n) is 6.28. The van der Waals surface area contributed by atoms with Gasteiger partial charge in [-0.25, -0.2) is 9.78 Å². The Morgan fingerprint density at radius 1 is 1.13 bits per heavy atom. The van der Waals surface area contributed by atoms with E-state index in [9.17, 15) is 4.79 Å². The minimum absolute atomic E-state index is 0. The Balaban J connectivity index is 0.00000484. The topological polar surface area (TPSA) is 48.5 Å². The van der Waals surface area contributed by atoms with Gasteiger partial charge in [-0.2, -0.15) is 0 Å². The Morgan fingerprint density at radius 2 is 1.70 bits per heavy atom. The summed E-state index contributed by atoms with van der Waals surface area (Å²) in [6.07, 6.45) is 0. The van der Waals surface area contributed by atoms with Crippen LogP contribution in [0.4, 0.5) is 10.6 Å². The van der Waals surface area contributed by atoms with Crippen molar-refractivity contribution in [1.29, 1.82) is 0 Å². The third-order valence-electron chi connectivity index (χ3n) is 3.73. The number of aryl methyl sites for hydroxylation is 2. The Labute approximate surface area is 146 Å². The van der Waals surface area contributed by atoms with E-state index in [1.807, 2.05) is 26.0 Å². The van der Waals surface area contributed by atoms with Crippen molar-refractivity contribution in [2.75, 3.05) is 25.0 Å². The normalized spacial score (nSPS) is 10.9. The molecule has 1 aromatic rings. The molecule has 1 N–H and O–H groups in total. The number of hydrogen-bond acceptors (Lipinski definition) is 3. The van der Waals surface area contributed by atoms with E-state index in [4.69, 9.17) is 0 Å². The van der Waals surface area contributed by atoms with Crippen LogP contribution in [0.1, 0.15) is 39.0 Å². The maximum atomic E-state index is 12.2. The molecule has 0 unspecified atom stereocenters. The smallest absolute Gasteiger partial charge is 0.322 e. The first-order valence-corrected chi connectivity index (χ1v) is 7.96. The molecule has 0 fully saturated rings. The fraction of sp³-hybridized carbons (Fsp3) is 0.647. The van der Waals surface area contributed by atoms with Gasteiger partial charge < -0.3 is 5.32 Å². The van der Waals surface area contributed by atoms with Crippen molar-refractivity contribution in [2.24, 2.45) is 0 Å². The van der Waals surface area contributed by atoms with Gasteiger partial charge in [0.1, 0.15) is 5.82 Å². The molecule has 0 bridgehead atoms. The first-order chi connectivity index (χ1) is 10.3. The second kappa shape index (κ2) is 9.73. The molecule has 0 aliphatic rings. The van der Waals surface area contributed by atoms with Gasteiger partial charge in [-0.1, -0.05) is 0 Å². The van der Waals surface area contributed by atoms with Gasteiger partial charge in [0.25, 0.3) is 0 Å². The van der Waals surface area contributed by atoms with Crippen molar-refractivity contribution >= 4 is 24.3 Å². The third-order valence-corrected chi connectivity index (χ3v) is 3.73. The number of anilines is 1. The van der Waals surface area contributed by atoms with Gasteiger partial charge in [-0.3, -0.25) is 9.80 Å². The summed E-state index contributed by atoms with van der Waals surface area (Å²) in [6.45, 7) is 14.1. The molecule has 132 valence electrons. The van der Waals surface area contributed by atoms with Crippen LogP contribution in [0.2, 0.25) is 0 Å². The first kappa shape index (κ1) is 21.7. The number of aromatic nitrogens is 1. The highest BCUT2D eigenvalue weighted by molar-refractivity contribution is 5.90. The SMILES string of the molecule is CNC(=O)N(CCN(C(C)C)C(C)C)c1cc(C)cc(C)n1.Cl. The predicted molar refractivity (Wildman–Crippen MR) is 99.7 cm³/mol. The zero-order valence-electron chi connectivity index (χ0n) is 15.4. The molecule has 0 aromatic carbocycles. The Hall–Kier alpha value is -1.33. The molecule has 0 atom stereocenters. The number of halogens is 1. The number of carbonyl (C=O) groups excluding carboxylic acids is 1. The fourth-order valence-electron chi connectivity index (χ4n) is 2.74. The van der Waals surface area contributed by atoms with Crippen molar-refractivity contribution in [2.45, 2.75) is 53.6 Å². The zero-order valence-corrected chi connectivity index (χ0v) is 16.2. The summed E-state index contributed by atoms with van der Waals surface area (Å²) in [7, 11) is 1.65. The number of carbonyl (C=O) groups is 1. The molecule has 0 aliphatic heterocycles. The van der Waals surface area contributed by atoms with Gasteiger partial charge in [-0.15, -0.1) is 12.4 Å². The van der Waals surface area contributed by atoms with E-state index in [-0.39, 0.29) is 18.4 Å². The van der Waals surface area contributed by atoms with Gasteiger partial charge in [0, 0.05) is 37.9 Å². The molecule has 1 aromatic heterocycles. The van der Waals surface area contributed by atoms with Crippen molar-refractivity contribution in [1.82, 2.24) is 15.2 Å². The molecule has 1 rings (SSSR count). The molecule has 5 nitrogen and oxygen atoms in total. The molecule has 0 saturated heterocycles. The Morgan fingerprint density at radius 3 is 2.13 bits per heavy atom. The average molecular weight is 343 g/mol. The molecule has 2 amide bonds. The highest BCUT2D eigenvalue weighted by Gasteiger charge is 2.20. The van der Waals surface area contributed by atoms with E-state index in [1.165, 1.54) is 0 Å². The van der Waals surface area contributed by atoms with Crippen LogP contribution >= 0.6 is 12.4 Å². The Bertz CT molecular complexity index is 477. The zero-order chi connectivity index (χ0) is 16.9. The first-order valence-electron chi connectivity index (χ1n) is 7.96. The van der Waals surface area contributed by atoms with E-state index >= 15 is 0 Å². The van der Waals surface area contributed by atoms with Gasteiger partial charge in [0.2, 0.25) is 0 Å². The summed E-state index contributed by atoms with van der Waals surface area (Å²) in [4.78, 5) is 20.9. The van der Waals surface area contributed by atoms with Crippen molar-refractivity contribution in [3.63, 3.8) is 0 Å². The van der Waals surface area contributed by atoms with Gasteiger partial charge in [-0.05, 0) is 59.2 Å². The number of nitrogens with one attached hydrogen (secondary N) is 1. The lowest BCUT2D eigenvalue weighted by Crippen LogP contribution is -2.46. The van der Waals surface area contributed by atoms with Crippen LogP contribution < -0.4 is 10.2 Å². The summed E-state index contributed by atoms with van der Waals surface area (Å²) in [5.74, 6) is 0.712. The van der Waals surface area contributed by atoms with Gasteiger partial charge in [0.15, 0.2) is 0 Å². The van der Waals surface area contributed by atoms with Crippen LogP contribution in [0, 0.1) is 13.8 Å². The van der Waals surface area contributed by atoms with Crippen LogP contribution in [-0.2, 0) is 0 Å². The lowest BCUT2D eigenvalue weighted by Gasteiger charge is -2.32. The maximum Gasteiger partial charge on any atom is 0.322 e. The van der Waals surface area contributed by atoms with E-state index < -0.39 is 0 Å². The summed E-state index contributed by atoms with van der Waals surface area (Å²) in [6, 6.07) is 4.74. The van der Waals surface area contributed by atoms with Crippen LogP contribution in [-0.4, -0.2) is 48.1 Å². The van der Waals surface area contributed by atoms with E-state index in [0.29, 0.717) is 24.4 Å². The lowest BCUT2D eigenvalue weighted by atomic mass is 10.2. The largest absolute Gasteiger partial charge is 0.341 e. The number of nitrogens with zero attached hydrogens (tertiary/aromatic N) is 3. The van der Waals surface area contributed by atoms with E-state index in [1.54, 1.807) is 11.9 Å². The highest BCUT2D eigenvalue weighted by Crippen LogP contribution is 2.15. The lowest BCUT2D eigenvalue weighted by molar-refractivity contribution is 0.179. The number of rotatable bonds is 6. The average Bonchev–Trinajstić information content (AvgIpc) is 2.40. The molecule has 0 saturated carbocycles. The van der Waals surface area contributed by atoms with Crippen LogP contribution in [0.5, 0.6) is 0 Å². The monoisotopic (exact) mass is 342 g/mol. The van der Waals surface area contributed by atoms with Crippen molar-refractivity contribution in [3.05, 3.63) is 23.4 Å². The van der Waals surface area contributed by atoms with Crippen LogP contribution in [0.15, 0.2) is 12.1 Å².